The van der Waals surface area contributed by atoms with Gasteiger partial charge in [0.1, 0.15) is 17.7 Å². The molecule has 4 rings (SSSR count). The minimum Gasteiger partial charge on any atom is -0.368 e. The van der Waals surface area contributed by atoms with Crippen molar-refractivity contribution >= 4 is 38.4 Å². The van der Waals surface area contributed by atoms with E-state index >= 15 is 0 Å². The SMILES string of the molecule is O=C(N=C1SC2CS(=O)(=O)CC2N1c1ccc(F)cc1F)C1CCCO1. The molecular weight excluding hydrogens is 386 g/mol. The van der Waals surface area contributed by atoms with Gasteiger partial charge < -0.3 is 9.64 Å². The van der Waals surface area contributed by atoms with Gasteiger partial charge in [-0.3, -0.25) is 4.79 Å². The highest BCUT2D eigenvalue weighted by Crippen LogP contribution is 2.42. The highest BCUT2D eigenvalue weighted by molar-refractivity contribution is 8.16. The number of ether oxygens (including phenoxy) is 1. The van der Waals surface area contributed by atoms with Gasteiger partial charge in [-0.05, 0) is 25.0 Å². The molecule has 140 valence electrons. The fourth-order valence-corrected chi connectivity index (χ4v) is 7.37. The lowest BCUT2D eigenvalue weighted by molar-refractivity contribution is -0.126. The predicted molar refractivity (Wildman–Crippen MR) is 94.1 cm³/mol. The molecule has 0 spiro atoms. The Labute approximate surface area is 153 Å². The summed E-state index contributed by atoms with van der Waals surface area (Å²) >= 11 is 1.15. The molecule has 26 heavy (non-hydrogen) atoms. The van der Waals surface area contributed by atoms with Crippen molar-refractivity contribution in [2.45, 2.75) is 30.2 Å². The first-order chi connectivity index (χ1) is 12.3. The van der Waals surface area contributed by atoms with Crippen molar-refractivity contribution in [1.82, 2.24) is 0 Å². The Hall–Kier alpha value is -1.52. The molecule has 3 aliphatic heterocycles. The van der Waals surface area contributed by atoms with E-state index in [1.54, 1.807) is 0 Å². The average molecular weight is 402 g/mol. The number of amides is 1. The monoisotopic (exact) mass is 402 g/mol. The standard InChI is InChI=1S/C16H16F2N2O4S2/c17-9-3-4-11(10(18)6-9)20-12-7-26(22,23)8-14(12)25-16(20)19-15(21)13-2-1-5-24-13/h3-4,6,12-14H,1-2,5,7-8H2. The van der Waals surface area contributed by atoms with Crippen molar-refractivity contribution in [2.24, 2.45) is 4.99 Å². The van der Waals surface area contributed by atoms with Crippen LogP contribution in [0.1, 0.15) is 12.8 Å². The number of thioether (sulfide) groups is 1. The van der Waals surface area contributed by atoms with Crippen LogP contribution in [0.4, 0.5) is 14.5 Å². The smallest absolute Gasteiger partial charge is 0.277 e. The average Bonchev–Trinajstić information content (AvgIpc) is 3.23. The maximum Gasteiger partial charge on any atom is 0.277 e. The van der Waals surface area contributed by atoms with Crippen LogP contribution in [0, 0.1) is 11.6 Å². The zero-order chi connectivity index (χ0) is 18.5. The number of hydrogen-bond donors (Lipinski definition) is 0. The Morgan fingerprint density at radius 2 is 2.12 bits per heavy atom. The molecule has 0 aliphatic carbocycles. The van der Waals surface area contributed by atoms with Gasteiger partial charge in [0.05, 0.1) is 23.2 Å². The Kier molecular flexibility index (Phi) is 4.52. The largest absolute Gasteiger partial charge is 0.368 e. The zero-order valence-electron chi connectivity index (χ0n) is 13.6. The van der Waals surface area contributed by atoms with Crippen LogP contribution in [0.2, 0.25) is 0 Å². The zero-order valence-corrected chi connectivity index (χ0v) is 15.2. The molecule has 3 unspecified atom stereocenters. The van der Waals surface area contributed by atoms with E-state index in [2.05, 4.69) is 4.99 Å². The highest BCUT2D eigenvalue weighted by Gasteiger charge is 2.50. The summed E-state index contributed by atoms with van der Waals surface area (Å²) in [7, 11) is -3.26. The number of amidine groups is 1. The Morgan fingerprint density at radius 3 is 2.81 bits per heavy atom. The third-order valence-electron chi connectivity index (χ3n) is 4.65. The molecule has 1 aromatic carbocycles. The molecule has 3 atom stereocenters. The van der Waals surface area contributed by atoms with E-state index in [0.29, 0.717) is 13.0 Å². The topological polar surface area (TPSA) is 76.0 Å². The number of nitrogens with zero attached hydrogens (tertiary/aromatic N) is 2. The van der Waals surface area contributed by atoms with Gasteiger partial charge in [-0.15, -0.1) is 0 Å². The van der Waals surface area contributed by atoms with Crippen molar-refractivity contribution in [1.29, 1.82) is 0 Å². The molecule has 0 saturated carbocycles. The third kappa shape index (κ3) is 3.25. The van der Waals surface area contributed by atoms with Gasteiger partial charge in [-0.2, -0.15) is 4.99 Å². The lowest BCUT2D eigenvalue weighted by atomic mass is 10.2. The van der Waals surface area contributed by atoms with E-state index in [4.69, 9.17) is 4.74 Å². The van der Waals surface area contributed by atoms with Crippen LogP contribution in [0.3, 0.4) is 0 Å². The lowest BCUT2D eigenvalue weighted by Crippen LogP contribution is -2.38. The molecule has 0 aromatic heterocycles. The Balaban J connectivity index is 1.72. The van der Waals surface area contributed by atoms with E-state index in [1.807, 2.05) is 0 Å². The number of anilines is 1. The number of aliphatic imine (C=N–C) groups is 1. The van der Waals surface area contributed by atoms with Crippen LogP contribution in [-0.4, -0.2) is 55.0 Å². The Morgan fingerprint density at radius 1 is 1.31 bits per heavy atom. The van der Waals surface area contributed by atoms with E-state index in [0.717, 1.165) is 30.3 Å². The van der Waals surface area contributed by atoms with Gasteiger partial charge in [-0.1, -0.05) is 11.8 Å². The second-order valence-electron chi connectivity index (χ2n) is 6.50. The van der Waals surface area contributed by atoms with Crippen LogP contribution in [-0.2, 0) is 19.4 Å². The van der Waals surface area contributed by atoms with Crippen molar-refractivity contribution in [3.8, 4) is 0 Å². The summed E-state index contributed by atoms with van der Waals surface area (Å²) in [6.07, 6.45) is 0.729. The molecule has 6 nitrogen and oxygen atoms in total. The number of hydrogen-bond acceptors (Lipinski definition) is 5. The summed E-state index contributed by atoms with van der Waals surface area (Å²) in [5.74, 6) is -2.24. The molecule has 3 aliphatic rings. The summed E-state index contributed by atoms with van der Waals surface area (Å²) in [5.41, 5.74) is 0.0161. The van der Waals surface area contributed by atoms with E-state index in [1.165, 1.54) is 11.0 Å². The fraction of sp³-hybridized carbons (Fsp3) is 0.500. The van der Waals surface area contributed by atoms with Crippen molar-refractivity contribution in [3.05, 3.63) is 29.8 Å². The Bertz CT molecular complexity index is 884. The predicted octanol–water partition coefficient (Wildman–Crippen LogP) is 1.75. The third-order valence-corrected chi connectivity index (χ3v) is 7.86. The van der Waals surface area contributed by atoms with Gasteiger partial charge in [0.25, 0.3) is 5.91 Å². The van der Waals surface area contributed by atoms with Crippen LogP contribution in [0.25, 0.3) is 0 Å². The second-order valence-corrected chi connectivity index (χ2v) is 9.86. The summed E-state index contributed by atoms with van der Waals surface area (Å²) in [4.78, 5) is 17.9. The van der Waals surface area contributed by atoms with Crippen molar-refractivity contribution < 1.29 is 26.7 Å². The van der Waals surface area contributed by atoms with Gasteiger partial charge in [-0.25, -0.2) is 17.2 Å². The van der Waals surface area contributed by atoms with Gasteiger partial charge in [0.2, 0.25) is 0 Å². The maximum absolute atomic E-state index is 14.4. The number of halogens is 2. The second kappa shape index (κ2) is 6.58. The summed E-state index contributed by atoms with van der Waals surface area (Å²) < 4.78 is 56.9. The first-order valence-electron chi connectivity index (χ1n) is 8.19. The summed E-state index contributed by atoms with van der Waals surface area (Å²) in [5, 5.41) is -0.110. The van der Waals surface area contributed by atoms with Crippen LogP contribution >= 0.6 is 11.8 Å². The normalized spacial score (nSPS) is 31.5. The highest BCUT2D eigenvalue weighted by atomic mass is 32.2. The molecule has 0 bridgehead atoms. The molecule has 0 N–H and O–H groups in total. The maximum atomic E-state index is 14.4. The first-order valence-corrected chi connectivity index (χ1v) is 10.9. The number of rotatable bonds is 2. The van der Waals surface area contributed by atoms with E-state index in [9.17, 15) is 22.0 Å². The molecule has 3 heterocycles. The van der Waals surface area contributed by atoms with Gasteiger partial charge in [0.15, 0.2) is 15.0 Å². The molecule has 1 aromatic rings. The van der Waals surface area contributed by atoms with E-state index in [-0.39, 0.29) is 27.6 Å². The molecule has 10 heteroatoms. The number of benzene rings is 1. The van der Waals surface area contributed by atoms with Crippen LogP contribution in [0.15, 0.2) is 23.2 Å². The van der Waals surface area contributed by atoms with Crippen LogP contribution in [0.5, 0.6) is 0 Å². The number of fused-ring (bicyclic) bond motifs is 1. The van der Waals surface area contributed by atoms with Gasteiger partial charge in [0, 0.05) is 17.9 Å². The minimum absolute atomic E-state index is 0.0161. The van der Waals surface area contributed by atoms with Crippen molar-refractivity contribution in [3.63, 3.8) is 0 Å². The molecule has 0 radical (unpaired) electrons. The summed E-state index contributed by atoms with van der Waals surface area (Å²) in [6, 6.07) is 2.53. The fourth-order valence-electron chi connectivity index (χ4n) is 3.46. The first kappa shape index (κ1) is 17.9. The number of sulfone groups is 1. The molecule has 3 fully saturated rings. The lowest BCUT2D eigenvalue weighted by Gasteiger charge is -2.25. The molecule has 3 saturated heterocycles. The van der Waals surface area contributed by atoms with Crippen molar-refractivity contribution in [2.75, 3.05) is 23.0 Å². The number of carbonyl (C=O) groups excluding carboxylic acids is 1. The minimum atomic E-state index is -3.26. The van der Waals surface area contributed by atoms with Crippen LogP contribution < -0.4 is 4.90 Å². The summed E-state index contributed by atoms with van der Waals surface area (Å²) in [6.45, 7) is 0.494. The van der Waals surface area contributed by atoms with Gasteiger partial charge >= 0.3 is 0 Å². The molecular formula is C16H16F2N2O4S2. The number of carbonyl (C=O) groups is 1. The van der Waals surface area contributed by atoms with E-state index < -0.39 is 39.5 Å². The molecule has 1 amide bonds. The quantitative estimate of drug-likeness (QED) is 0.750.